The van der Waals surface area contributed by atoms with Crippen molar-refractivity contribution < 1.29 is 14.7 Å². The van der Waals surface area contributed by atoms with Gasteiger partial charge in [0.2, 0.25) is 0 Å². The molecule has 0 bridgehead atoms. The van der Waals surface area contributed by atoms with Crippen molar-refractivity contribution in [1.82, 2.24) is 19.3 Å². The number of halogens is 1. The average molecular weight is 503 g/mol. The van der Waals surface area contributed by atoms with E-state index in [1.807, 2.05) is 48.5 Å². The number of aliphatic hydroxyl groups excluding tert-OH is 1. The summed E-state index contributed by atoms with van der Waals surface area (Å²) in [6.07, 6.45) is 5.08. The summed E-state index contributed by atoms with van der Waals surface area (Å²) in [4.78, 5) is 36.5. The molecule has 1 atom stereocenters. The van der Waals surface area contributed by atoms with Crippen molar-refractivity contribution in [3.05, 3.63) is 106 Å². The molecule has 0 saturated carbocycles. The van der Waals surface area contributed by atoms with E-state index in [-0.39, 0.29) is 17.9 Å². The molecule has 0 spiro atoms. The van der Waals surface area contributed by atoms with Gasteiger partial charge in [-0.2, -0.15) is 0 Å². The van der Waals surface area contributed by atoms with Crippen LogP contribution in [0, 0.1) is 6.92 Å². The molecule has 7 nitrogen and oxygen atoms in total. The number of aliphatic hydroxyl groups is 1. The number of carbonyl (C=O) groups excluding carboxylic acids is 2. The Bertz CT molecular complexity index is 1410. The van der Waals surface area contributed by atoms with Gasteiger partial charge in [-0.05, 0) is 48.4 Å². The molecule has 0 radical (unpaired) electrons. The van der Waals surface area contributed by atoms with Crippen molar-refractivity contribution in [2.45, 2.75) is 19.5 Å². The van der Waals surface area contributed by atoms with Crippen molar-refractivity contribution in [1.29, 1.82) is 0 Å². The van der Waals surface area contributed by atoms with Crippen molar-refractivity contribution in [3.63, 3.8) is 0 Å². The van der Waals surface area contributed by atoms with Gasteiger partial charge in [0.1, 0.15) is 11.3 Å². The first-order valence-electron chi connectivity index (χ1n) is 10.3. The zero-order valence-electron chi connectivity index (χ0n) is 17.6. The van der Waals surface area contributed by atoms with Gasteiger partial charge in [0, 0.05) is 29.6 Å². The molecular formula is C25H19BrN4O3. The molecule has 8 heteroatoms. The maximum Gasteiger partial charge on any atom is 0.295 e. The molecule has 0 aliphatic carbocycles. The highest BCUT2D eigenvalue weighted by Crippen LogP contribution is 2.41. The van der Waals surface area contributed by atoms with Crippen LogP contribution in [0.4, 0.5) is 0 Å². The van der Waals surface area contributed by atoms with Crippen molar-refractivity contribution in [2.75, 3.05) is 0 Å². The molecule has 1 amide bonds. The number of aromatic nitrogens is 3. The monoisotopic (exact) mass is 502 g/mol. The number of fused-ring (bicyclic) bond motifs is 1. The van der Waals surface area contributed by atoms with E-state index < -0.39 is 17.7 Å². The molecule has 1 saturated heterocycles. The van der Waals surface area contributed by atoms with Gasteiger partial charge in [0.25, 0.3) is 11.7 Å². The van der Waals surface area contributed by atoms with Gasteiger partial charge in [0.15, 0.2) is 5.76 Å². The third-order valence-electron chi connectivity index (χ3n) is 5.73. The Morgan fingerprint density at radius 1 is 1.09 bits per heavy atom. The highest BCUT2D eigenvalue weighted by Gasteiger charge is 2.46. The minimum atomic E-state index is -0.757. The maximum absolute atomic E-state index is 13.3. The molecule has 1 aliphatic heterocycles. The van der Waals surface area contributed by atoms with E-state index in [1.54, 1.807) is 36.0 Å². The number of hydrogen-bond donors (Lipinski definition) is 1. The molecule has 4 heterocycles. The summed E-state index contributed by atoms with van der Waals surface area (Å²) >= 11 is 3.43. The number of pyridine rings is 2. The van der Waals surface area contributed by atoms with Gasteiger partial charge in [0.05, 0.1) is 17.3 Å². The number of aryl methyl sites for hydroxylation is 1. The van der Waals surface area contributed by atoms with E-state index >= 15 is 0 Å². The summed E-state index contributed by atoms with van der Waals surface area (Å²) in [6, 6.07) is 15.7. The normalized spacial score (nSPS) is 17.8. The largest absolute Gasteiger partial charge is 0.505 e. The molecule has 1 aromatic carbocycles. The van der Waals surface area contributed by atoms with E-state index in [2.05, 4.69) is 25.9 Å². The van der Waals surface area contributed by atoms with Crippen LogP contribution in [-0.2, 0) is 16.1 Å². The number of carbonyl (C=O) groups is 2. The SMILES string of the molecule is Cc1nc2ccccn2c1/C(O)=C1\C(=O)C(=O)N(Cc2cccnc2)C1c1ccc(Br)cc1. The van der Waals surface area contributed by atoms with Crippen molar-refractivity contribution >= 4 is 39.0 Å². The number of nitrogens with zero attached hydrogens (tertiary/aromatic N) is 4. The molecular weight excluding hydrogens is 484 g/mol. The first kappa shape index (κ1) is 21.1. The van der Waals surface area contributed by atoms with E-state index in [4.69, 9.17) is 0 Å². The van der Waals surface area contributed by atoms with E-state index in [0.29, 0.717) is 22.6 Å². The quantitative estimate of drug-likeness (QED) is 0.253. The van der Waals surface area contributed by atoms with Gasteiger partial charge in [-0.25, -0.2) is 4.98 Å². The molecule has 1 unspecified atom stereocenters. The summed E-state index contributed by atoms with van der Waals surface area (Å²) in [5.74, 6) is -1.64. The molecule has 1 fully saturated rings. The Morgan fingerprint density at radius 2 is 1.88 bits per heavy atom. The van der Waals surface area contributed by atoms with Crippen LogP contribution >= 0.6 is 15.9 Å². The molecule has 4 aromatic rings. The number of rotatable bonds is 4. The van der Waals surface area contributed by atoms with Crippen LogP contribution in [0.25, 0.3) is 11.4 Å². The lowest BCUT2D eigenvalue weighted by Crippen LogP contribution is -2.29. The number of hydrogen-bond acceptors (Lipinski definition) is 5. The van der Waals surface area contributed by atoms with Gasteiger partial charge in [-0.1, -0.05) is 40.2 Å². The van der Waals surface area contributed by atoms with Crippen molar-refractivity contribution in [2.24, 2.45) is 0 Å². The summed E-state index contributed by atoms with van der Waals surface area (Å²) < 4.78 is 2.59. The first-order valence-corrected chi connectivity index (χ1v) is 11.1. The van der Waals surface area contributed by atoms with Crippen molar-refractivity contribution in [3.8, 4) is 0 Å². The topological polar surface area (TPSA) is 87.8 Å². The molecule has 33 heavy (non-hydrogen) atoms. The number of Topliss-reactive ketones (excluding diaryl/α,β-unsaturated/α-hetero) is 1. The standard InChI is InChI=1S/C25H19BrN4O3/c1-15-21(29-12-3-2-6-19(29)28-15)23(31)20-22(17-7-9-18(26)10-8-17)30(25(33)24(20)32)14-16-5-4-11-27-13-16/h2-13,22,31H,14H2,1H3/b23-20+. The van der Waals surface area contributed by atoms with Crippen LogP contribution in [0.3, 0.4) is 0 Å². The van der Waals surface area contributed by atoms with Crippen LogP contribution in [0.1, 0.15) is 28.6 Å². The van der Waals surface area contributed by atoms with Crippen LogP contribution in [0.15, 0.2) is 83.2 Å². The number of benzene rings is 1. The van der Waals surface area contributed by atoms with Crippen LogP contribution in [0.5, 0.6) is 0 Å². The summed E-state index contributed by atoms with van der Waals surface area (Å²) in [6.45, 7) is 1.95. The zero-order valence-corrected chi connectivity index (χ0v) is 19.2. The van der Waals surface area contributed by atoms with E-state index in [9.17, 15) is 14.7 Å². The molecule has 3 aromatic heterocycles. The number of ketones is 1. The third kappa shape index (κ3) is 3.62. The summed E-state index contributed by atoms with van der Waals surface area (Å²) in [7, 11) is 0. The third-order valence-corrected chi connectivity index (χ3v) is 6.26. The number of amides is 1. The van der Waals surface area contributed by atoms with E-state index in [0.717, 1.165) is 10.0 Å². The Morgan fingerprint density at radius 3 is 2.61 bits per heavy atom. The Hall–Kier alpha value is -3.78. The molecule has 164 valence electrons. The van der Waals surface area contributed by atoms with Gasteiger partial charge < -0.3 is 10.0 Å². The first-order chi connectivity index (χ1) is 16.0. The number of imidazole rings is 1. The second-order valence-corrected chi connectivity index (χ2v) is 8.73. The predicted octanol–water partition coefficient (Wildman–Crippen LogP) is 4.42. The fourth-order valence-corrected chi connectivity index (χ4v) is 4.51. The highest BCUT2D eigenvalue weighted by atomic mass is 79.9. The Labute approximate surface area is 198 Å². The maximum atomic E-state index is 13.3. The number of likely N-dealkylation sites (tertiary alicyclic amines) is 1. The van der Waals surface area contributed by atoms with Crippen LogP contribution < -0.4 is 0 Å². The van der Waals surface area contributed by atoms with Gasteiger partial charge in [-0.15, -0.1) is 0 Å². The fourth-order valence-electron chi connectivity index (χ4n) is 4.25. The second-order valence-electron chi connectivity index (χ2n) is 7.81. The smallest absolute Gasteiger partial charge is 0.295 e. The predicted molar refractivity (Wildman–Crippen MR) is 126 cm³/mol. The minimum Gasteiger partial charge on any atom is -0.505 e. The van der Waals surface area contributed by atoms with Crippen LogP contribution in [0.2, 0.25) is 0 Å². The lowest BCUT2D eigenvalue weighted by atomic mass is 9.96. The molecule has 1 aliphatic rings. The summed E-state index contributed by atoms with van der Waals surface area (Å²) in [5, 5.41) is 11.4. The Kier molecular flexibility index (Phi) is 5.30. The van der Waals surface area contributed by atoms with Crippen LogP contribution in [-0.4, -0.2) is 36.1 Å². The molecule has 5 rings (SSSR count). The lowest BCUT2D eigenvalue weighted by Gasteiger charge is -2.25. The van der Waals surface area contributed by atoms with Gasteiger partial charge in [-0.3, -0.25) is 19.0 Å². The van der Waals surface area contributed by atoms with Gasteiger partial charge >= 0.3 is 0 Å². The molecule has 1 N–H and O–H groups in total. The zero-order chi connectivity index (χ0) is 23.1. The lowest BCUT2D eigenvalue weighted by molar-refractivity contribution is -0.140. The average Bonchev–Trinajstić information content (AvgIpc) is 3.28. The minimum absolute atomic E-state index is 0.0416. The van der Waals surface area contributed by atoms with E-state index in [1.165, 1.54) is 4.90 Å². The Balaban J connectivity index is 1.72. The highest BCUT2D eigenvalue weighted by molar-refractivity contribution is 9.10. The summed E-state index contributed by atoms with van der Waals surface area (Å²) in [5.41, 5.74) is 3.14. The second kappa shape index (κ2) is 8.29. The fraction of sp³-hybridized carbons (Fsp3) is 0.120.